The Bertz CT molecular complexity index is 1260. The molecule has 0 saturated carbocycles. The van der Waals surface area contributed by atoms with Crippen LogP contribution in [0.15, 0.2) is 52.1 Å². The van der Waals surface area contributed by atoms with Gasteiger partial charge in [0.2, 0.25) is 0 Å². The van der Waals surface area contributed by atoms with Crippen molar-refractivity contribution < 1.29 is 9.53 Å². The third-order valence-electron chi connectivity index (χ3n) is 6.00. The molecular formula is C24H28N4O4. The van der Waals surface area contributed by atoms with E-state index in [1.54, 1.807) is 18.2 Å². The quantitative estimate of drug-likeness (QED) is 0.661. The first-order valence-electron chi connectivity index (χ1n) is 10.8. The minimum absolute atomic E-state index is 0.105. The highest BCUT2D eigenvalue weighted by Gasteiger charge is 2.27. The summed E-state index contributed by atoms with van der Waals surface area (Å²) in [6, 6.07) is 13.4. The van der Waals surface area contributed by atoms with E-state index in [1.165, 1.54) is 12.7 Å². The van der Waals surface area contributed by atoms with Crippen molar-refractivity contribution in [3.8, 4) is 0 Å². The monoisotopic (exact) mass is 436 g/mol. The van der Waals surface area contributed by atoms with Crippen LogP contribution in [0.1, 0.15) is 22.8 Å². The van der Waals surface area contributed by atoms with Crippen molar-refractivity contribution in [1.29, 1.82) is 0 Å². The fourth-order valence-corrected chi connectivity index (χ4v) is 4.29. The zero-order valence-electron chi connectivity index (χ0n) is 18.6. The summed E-state index contributed by atoms with van der Waals surface area (Å²) in [5.41, 5.74) is 2.30. The molecule has 1 amide bonds. The SMILES string of the molecule is COCCn1c(=O)[nH]c2cc(C(=O)N3CCN(c4cccc(C)c4)[C@@H](C)C3)ccc2c1=O. The molecule has 0 radical (unpaired) electrons. The van der Waals surface area contributed by atoms with E-state index in [2.05, 4.69) is 41.9 Å². The van der Waals surface area contributed by atoms with Gasteiger partial charge < -0.3 is 19.5 Å². The van der Waals surface area contributed by atoms with Crippen LogP contribution in [0.3, 0.4) is 0 Å². The van der Waals surface area contributed by atoms with Gasteiger partial charge in [-0.1, -0.05) is 12.1 Å². The van der Waals surface area contributed by atoms with Crippen LogP contribution in [-0.2, 0) is 11.3 Å². The van der Waals surface area contributed by atoms with Crippen molar-refractivity contribution >= 4 is 22.5 Å². The largest absolute Gasteiger partial charge is 0.383 e. The van der Waals surface area contributed by atoms with E-state index >= 15 is 0 Å². The van der Waals surface area contributed by atoms with Gasteiger partial charge in [0.15, 0.2) is 0 Å². The minimum Gasteiger partial charge on any atom is -0.383 e. The summed E-state index contributed by atoms with van der Waals surface area (Å²) in [6.45, 7) is 6.56. The molecule has 0 aliphatic carbocycles. The third-order valence-corrected chi connectivity index (χ3v) is 6.00. The van der Waals surface area contributed by atoms with Crippen LogP contribution in [0, 0.1) is 6.92 Å². The average molecular weight is 437 g/mol. The molecule has 0 unspecified atom stereocenters. The number of carbonyl (C=O) groups excluding carboxylic acids is 1. The van der Waals surface area contributed by atoms with Crippen molar-refractivity contribution in [1.82, 2.24) is 14.5 Å². The molecule has 8 heteroatoms. The number of carbonyl (C=O) groups is 1. The Balaban J connectivity index is 1.55. The Morgan fingerprint density at radius 2 is 1.97 bits per heavy atom. The Labute approximate surface area is 186 Å². The summed E-state index contributed by atoms with van der Waals surface area (Å²) in [5.74, 6) is -0.105. The second-order valence-electron chi connectivity index (χ2n) is 8.27. The predicted molar refractivity (Wildman–Crippen MR) is 125 cm³/mol. The first-order chi connectivity index (χ1) is 15.4. The average Bonchev–Trinajstić information content (AvgIpc) is 2.78. The van der Waals surface area contributed by atoms with E-state index in [0.29, 0.717) is 29.6 Å². The fourth-order valence-electron chi connectivity index (χ4n) is 4.29. The van der Waals surface area contributed by atoms with Gasteiger partial charge in [0.25, 0.3) is 11.5 Å². The number of H-pyrrole nitrogens is 1. The summed E-state index contributed by atoms with van der Waals surface area (Å²) in [5, 5.41) is 0.370. The maximum absolute atomic E-state index is 13.2. The Morgan fingerprint density at radius 3 is 2.69 bits per heavy atom. The standard InChI is InChI=1S/C24H28N4O4/c1-16-5-4-6-19(13-16)27-10-9-26(15-17(27)2)22(29)18-7-8-20-21(14-18)25-24(31)28(23(20)30)11-12-32-3/h4-8,13-14,17H,9-12,15H2,1-3H3,(H,25,31)/t17-/m0/s1. The lowest BCUT2D eigenvalue weighted by molar-refractivity contribution is 0.0726. The fraction of sp³-hybridized carbons (Fsp3) is 0.375. The Hall–Kier alpha value is -3.39. The number of benzene rings is 2. The van der Waals surface area contributed by atoms with Crippen molar-refractivity contribution in [2.45, 2.75) is 26.4 Å². The van der Waals surface area contributed by atoms with Gasteiger partial charge in [0.1, 0.15) is 0 Å². The predicted octanol–water partition coefficient (Wildman–Crippen LogP) is 2.00. The minimum atomic E-state index is -0.510. The molecule has 1 aliphatic heterocycles. The maximum atomic E-state index is 13.2. The number of hydrogen-bond donors (Lipinski definition) is 1. The van der Waals surface area contributed by atoms with Gasteiger partial charge in [0, 0.05) is 44.0 Å². The summed E-state index contributed by atoms with van der Waals surface area (Å²) in [4.78, 5) is 45.0. The van der Waals surface area contributed by atoms with Gasteiger partial charge >= 0.3 is 5.69 Å². The topological polar surface area (TPSA) is 87.6 Å². The van der Waals surface area contributed by atoms with Crippen LogP contribution in [0.25, 0.3) is 10.9 Å². The van der Waals surface area contributed by atoms with Crippen molar-refractivity contribution in [3.05, 3.63) is 74.4 Å². The van der Waals surface area contributed by atoms with E-state index in [9.17, 15) is 14.4 Å². The zero-order chi connectivity index (χ0) is 22.8. The van der Waals surface area contributed by atoms with Crippen LogP contribution in [0.2, 0.25) is 0 Å². The van der Waals surface area contributed by atoms with Gasteiger partial charge in [0.05, 0.1) is 24.1 Å². The van der Waals surface area contributed by atoms with Crippen molar-refractivity contribution in [2.75, 3.05) is 38.3 Å². The first-order valence-corrected chi connectivity index (χ1v) is 10.8. The first kappa shape index (κ1) is 21.8. The van der Waals surface area contributed by atoms with E-state index in [0.717, 1.165) is 16.8 Å². The molecule has 2 aromatic carbocycles. The number of aryl methyl sites for hydroxylation is 1. The number of ether oxygens (including phenoxy) is 1. The van der Waals surface area contributed by atoms with Crippen LogP contribution in [-0.4, -0.2) is 59.8 Å². The molecule has 2 heterocycles. The van der Waals surface area contributed by atoms with Crippen LogP contribution in [0.5, 0.6) is 0 Å². The Morgan fingerprint density at radius 1 is 1.16 bits per heavy atom. The molecule has 0 bridgehead atoms. The number of hydrogen-bond acceptors (Lipinski definition) is 5. The highest BCUT2D eigenvalue weighted by atomic mass is 16.5. The number of amides is 1. The highest BCUT2D eigenvalue weighted by molar-refractivity contribution is 5.97. The summed E-state index contributed by atoms with van der Waals surface area (Å²) < 4.78 is 6.08. The lowest BCUT2D eigenvalue weighted by Gasteiger charge is -2.41. The van der Waals surface area contributed by atoms with Crippen LogP contribution >= 0.6 is 0 Å². The summed E-state index contributed by atoms with van der Waals surface area (Å²) in [7, 11) is 1.51. The van der Waals surface area contributed by atoms with Gasteiger partial charge in [-0.3, -0.25) is 14.2 Å². The third kappa shape index (κ3) is 4.18. The number of methoxy groups -OCH3 is 1. The molecule has 1 saturated heterocycles. The molecule has 4 rings (SSSR count). The smallest absolute Gasteiger partial charge is 0.328 e. The number of aromatic amines is 1. The molecule has 168 valence electrons. The van der Waals surface area contributed by atoms with Gasteiger partial charge in [-0.15, -0.1) is 0 Å². The summed E-state index contributed by atoms with van der Waals surface area (Å²) in [6.07, 6.45) is 0. The number of anilines is 1. The van der Waals surface area contributed by atoms with Gasteiger partial charge in [-0.05, 0) is 49.7 Å². The van der Waals surface area contributed by atoms with Crippen LogP contribution in [0.4, 0.5) is 5.69 Å². The molecule has 1 N–H and O–H groups in total. The molecule has 0 spiro atoms. The number of fused-ring (bicyclic) bond motifs is 1. The number of nitrogens with zero attached hydrogens (tertiary/aromatic N) is 3. The maximum Gasteiger partial charge on any atom is 0.328 e. The van der Waals surface area contributed by atoms with Gasteiger partial charge in [-0.25, -0.2) is 4.79 Å². The lowest BCUT2D eigenvalue weighted by atomic mass is 10.1. The van der Waals surface area contributed by atoms with E-state index in [1.807, 2.05) is 11.0 Å². The van der Waals surface area contributed by atoms with E-state index < -0.39 is 5.69 Å². The molecule has 1 aromatic heterocycles. The lowest BCUT2D eigenvalue weighted by Crippen LogP contribution is -2.53. The van der Waals surface area contributed by atoms with E-state index in [-0.39, 0.29) is 30.7 Å². The van der Waals surface area contributed by atoms with Crippen molar-refractivity contribution in [2.24, 2.45) is 0 Å². The number of aromatic nitrogens is 2. The zero-order valence-corrected chi connectivity index (χ0v) is 18.6. The second kappa shape index (κ2) is 9.00. The molecule has 8 nitrogen and oxygen atoms in total. The van der Waals surface area contributed by atoms with Crippen LogP contribution < -0.4 is 16.1 Å². The number of rotatable bonds is 5. The summed E-state index contributed by atoms with van der Waals surface area (Å²) >= 11 is 0. The molecule has 32 heavy (non-hydrogen) atoms. The second-order valence-corrected chi connectivity index (χ2v) is 8.27. The molecule has 1 aliphatic rings. The van der Waals surface area contributed by atoms with Crippen molar-refractivity contribution in [3.63, 3.8) is 0 Å². The molecule has 1 atom stereocenters. The number of piperazine rings is 1. The van der Waals surface area contributed by atoms with Gasteiger partial charge in [-0.2, -0.15) is 0 Å². The Kier molecular flexibility index (Phi) is 6.14. The molecular weight excluding hydrogens is 408 g/mol. The highest BCUT2D eigenvalue weighted by Crippen LogP contribution is 2.23. The number of nitrogens with one attached hydrogen (secondary N) is 1. The van der Waals surface area contributed by atoms with E-state index in [4.69, 9.17) is 4.74 Å². The normalized spacial score (nSPS) is 16.5. The molecule has 1 fully saturated rings. The molecule has 3 aromatic rings.